The van der Waals surface area contributed by atoms with Crippen LogP contribution < -0.4 is 4.72 Å². The van der Waals surface area contributed by atoms with Crippen LogP contribution in [0.2, 0.25) is 5.02 Å². The largest absolute Gasteiger partial charge is 0.481 e. The molecule has 21 heavy (non-hydrogen) atoms. The summed E-state index contributed by atoms with van der Waals surface area (Å²) in [6.07, 6.45) is -0.270. The van der Waals surface area contributed by atoms with E-state index in [4.69, 9.17) is 16.7 Å². The molecule has 0 unspecified atom stereocenters. The fraction of sp³-hybridized carbons (Fsp3) is 0.0714. The van der Waals surface area contributed by atoms with E-state index in [1.165, 1.54) is 24.3 Å². The topological polar surface area (TPSA) is 83.5 Å². The Morgan fingerprint density at radius 1 is 1.14 bits per heavy atom. The van der Waals surface area contributed by atoms with Gasteiger partial charge in [0.15, 0.2) is 0 Å². The number of carboxylic acids is 1. The van der Waals surface area contributed by atoms with E-state index in [-0.39, 0.29) is 17.0 Å². The highest BCUT2D eigenvalue weighted by atomic mass is 35.5. The number of hydrogen-bond acceptors (Lipinski definition) is 3. The minimum absolute atomic E-state index is 0.0140. The van der Waals surface area contributed by atoms with Crippen molar-refractivity contribution in [3.63, 3.8) is 0 Å². The second-order valence-corrected chi connectivity index (χ2v) is 6.41. The minimum atomic E-state index is -3.82. The molecule has 2 rings (SSSR count). The molecule has 0 aliphatic rings. The summed E-state index contributed by atoms with van der Waals surface area (Å²) in [6, 6.07) is 12.2. The second-order valence-electron chi connectivity index (χ2n) is 4.29. The third-order valence-corrected chi connectivity index (χ3v) is 4.31. The molecule has 0 heterocycles. The number of anilines is 1. The van der Waals surface area contributed by atoms with E-state index in [1.807, 2.05) is 0 Å². The van der Waals surface area contributed by atoms with Gasteiger partial charge in [-0.1, -0.05) is 35.9 Å². The first-order valence-electron chi connectivity index (χ1n) is 5.96. The molecule has 2 N–H and O–H groups in total. The molecule has 0 aliphatic carbocycles. The molecule has 110 valence electrons. The first-order valence-corrected chi connectivity index (χ1v) is 7.83. The van der Waals surface area contributed by atoms with Crippen molar-refractivity contribution in [1.82, 2.24) is 0 Å². The smallest absolute Gasteiger partial charge is 0.307 e. The molecule has 5 nitrogen and oxygen atoms in total. The molecule has 0 aliphatic heterocycles. The summed E-state index contributed by atoms with van der Waals surface area (Å²) >= 11 is 5.78. The van der Waals surface area contributed by atoms with Gasteiger partial charge in [-0.05, 0) is 29.8 Å². The molecule has 0 bridgehead atoms. The first-order chi connectivity index (χ1) is 9.88. The Morgan fingerprint density at radius 2 is 1.86 bits per heavy atom. The highest BCUT2D eigenvalue weighted by Gasteiger charge is 2.16. The predicted octanol–water partition coefficient (Wildman–Crippen LogP) is 2.77. The zero-order valence-electron chi connectivity index (χ0n) is 10.8. The highest BCUT2D eigenvalue weighted by molar-refractivity contribution is 7.92. The highest BCUT2D eigenvalue weighted by Crippen LogP contribution is 2.22. The van der Waals surface area contributed by atoms with Gasteiger partial charge < -0.3 is 5.11 Å². The van der Waals surface area contributed by atoms with E-state index in [1.54, 1.807) is 24.3 Å². The van der Waals surface area contributed by atoms with Crippen LogP contribution in [0.1, 0.15) is 5.56 Å². The first kappa shape index (κ1) is 15.3. The lowest BCUT2D eigenvalue weighted by molar-refractivity contribution is -0.136. The van der Waals surface area contributed by atoms with Crippen molar-refractivity contribution >= 4 is 33.3 Å². The van der Waals surface area contributed by atoms with Gasteiger partial charge in [-0.25, -0.2) is 8.42 Å². The maximum absolute atomic E-state index is 12.3. The Hall–Kier alpha value is -2.05. The van der Waals surface area contributed by atoms with Crippen LogP contribution in [-0.4, -0.2) is 19.5 Å². The van der Waals surface area contributed by atoms with Gasteiger partial charge in [0, 0.05) is 5.02 Å². The van der Waals surface area contributed by atoms with E-state index < -0.39 is 16.0 Å². The number of carbonyl (C=O) groups is 1. The number of aliphatic carboxylic acids is 1. The molecule has 2 aromatic carbocycles. The van der Waals surface area contributed by atoms with E-state index in [2.05, 4.69) is 4.72 Å². The Labute approximate surface area is 127 Å². The molecular formula is C14H12ClNO4S. The van der Waals surface area contributed by atoms with Crippen molar-refractivity contribution < 1.29 is 18.3 Å². The number of carboxylic acid groups (broad SMARTS) is 1. The number of benzene rings is 2. The Balaban J connectivity index is 2.35. The predicted molar refractivity (Wildman–Crippen MR) is 80.0 cm³/mol. The van der Waals surface area contributed by atoms with Crippen LogP contribution in [0.4, 0.5) is 5.69 Å². The number of sulfonamides is 1. The van der Waals surface area contributed by atoms with E-state index in [9.17, 15) is 13.2 Å². The van der Waals surface area contributed by atoms with E-state index in [0.29, 0.717) is 10.6 Å². The van der Waals surface area contributed by atoms with Crippen molar-refractivity contribution in [3.8, 4) is 0 Å². The number of rotatable bonds is 5. The number of hydrogen-bond donors (Lipinski definition) is 2. The normalized spacial score (nSPS) is 11.1. The summed E-state index contributed by atoms with van der Waals surface area (Å²) in [6.45, 7) is 0. The van der Waals surface area contributed by atoms with E-state index in [0.717, 1.165) is 0 Å². The van der Waals surface area contributed by atoms with Gasteiger partial charge in [-0.3, -0.25) is 9.52 Å². The van der Waals surface area contributed by atoms with Crippen LogP contribution in [0, 0.1) is 0 Å². The van der Waals surface area contributed by atoms with Gasteiger partial charge in [-0.15, -0.1) is 0 Å². The Kier molecular flexibility index (Phi) is 4.50. The molecule has 0 radical (unpaired) electrons. The molecule has 0 saturated heterocycles. The van der Waals surface area contributed by atoms with Gasteiger partial charge >= 0.3 is 5.97 Å². The van der Waals surface area contributed by atoms with E-state index >= 15 is 0 Å². The lowest BCUT2D eigenvalue weighted by Crippen LogP contribution is -2.15. The fourth-order valence-corrected chi connectivity index (χ4v) is 3.18. The molecule has 0 fully saturated rings. The van der Waals surface area contributed by atoms with Crippen LogP contribution in [-0.2, 0) is 21.2 Å². The quantitative estimate of drug-likeness (QED) is 0.885. The molecule has 2 aromatic rings. The summed E-state index contributed by atoms with van der Waals surface area (Å²) in [4.78, 5) is 10.8. The standard InChI is InChI=1S/C14H12ClNO4S/c15-11-5-3-6-12(9-11)21(19,20)16-13-7-2-1-4-10(13)8-14(17)18/h1-7,9,16H,8H2,(H,17,18). The van der Waals surface area contributed by atoms with Crippen LogP contribution in [0.5, 0.6) is 0 Å². The molecule has 0 saturated carbocycles. The van der Waals surface area contributed by atoms with Crippen LogP contribution in [0.3, 0.4) is 0 Å². The second kappa shape index (κ2) is 6.15. The summed E-state index contributed by atoms with van der Waals surface area (Å²) in [5, 5.41) is 9.15. The number of nitrogens with one attached hydrogen (secondary N) is 1. The summed E-state index contributed by atoms with van der Waals surface area (Å²) < 4.78 is 26.9. The number of para-hydroxylation sites is 1. The molecule has 0 amide bonds. The minimum Gasteiger partial charge on any atom is -0.481 e. The lowest BCUT2D eigenvalue weighted by Gasteiger charge is -2.11. The Bertz CT molecular complexity index is 774. The molecule has 0 atom stereocenters. The molecular weight excluding hydrogens is 314 g/mol. The van der Waals surface area contributed by atoms with Crippen molar-refractivity contribution in [2.24, 2.45) is 0 Å². The van der Waals surface area contributed by atoms with Crippen LogP contribution in [0.15, 0.2) is 53.4 Å². The van der Waals surface area contributed by atoms with Crippen molar-refractivity contribution in [2.45, 2.75) is 11.3 Å². The molecule has 0 aromatic heterocycles. The molecule has 7 heteroatoms. The zero-order chi connectivity index (χ0) is 15.5. The van der Waals surface area contributed by atoms with Gasteiger partial charge in [0.05, 0.1) is 17.0 Å². The average molecular weight is 326 g/mol. The maximum Gasteiger partial charge on any atom is 0.307 e. The van der Waals surface area contributed by atoms with Crippen LogP contribution >= 0.6 is 11.6 Å². The monoisotopic (exact) mass is 325 g/mol. The van der Waals surface area contributed by atoms with Crippen LogP contribution in [0.25, 0.3) is 0 Å². The van der Waals surface area contributed by atoms with Crippen molar-refractivity contribution in [3.05, 3.63) is 59.1 Å². The van der Waals surface area contributed by atoms with Gasteiger partial charge in [0.25, 0.3) is 10.0 Å². The number of halogens is 1. The average Bonchev–Trinajstić information content (AvgIpc) is 2.40. The lowest BCUT2D eigenvalue weighted by atomic mass is 10.1. The summed E-state index contributed by atoms with van der Waals surface area (Å²) in [7, 11) is -3.82. The van der Waals surface area contributed by atoms with Gasteiger partial charge in [0.2, 0.25) is 0 Å². The summed E-state index contributed by atoms with van der Waals surface area (Å²) in [5.41, 5.74) is 0.621. The fourth-order valence-electron chi connectivity index (χ4n) is 1.77. The third-order valence-electron chi connectivity index (χ3n) is 2.71. The van der Waals surface area contributed by atoms with Crippen molar-refractivity contribution in [2.75, 3.05) is 4.72 Å². The summed E-state index contributed by atoms with van der Waals surface area (Å²) in [5.74, 6) is -1.04. The van der Waals surface area contributed by atoms with Crippen molar-refractivity contribution in [1.29, 1.82) is 0 Å². The van der Waals surface area contributed by atoms with Gasteiger partial charge in [-0.2, -0.15) is 0 Å². The van der Waals surface area contributed by atoms with Gasteiger partial charge in [0.1, 0.15) is 0 Å². The molecule has 0 spiro atoms. The zero-order valence-corrected chi connectivity index (χ0v) is 12.4. The SMILES string of the molecule is O=C(O)Cc1ccccc1NS(=O)(=O)c1cccc(Cl)c1. The third kappa shape index (κ3) is 3.96. The maximum atomic E-state index is 12.3. The Morgan fingerprint density at radius 3 is 2.52 bits per heavy atom.